The van der Waals surface area contributed by atoms with Crippen LogP contribution in [-0.2, 0) is 0 Å². The summed E-state index contributed by atoms with van der Waals surface area (Å²) < 4.78 is 36.9. The highest BCUT2D eigenvalue weighted by molar-refractivity contribution is 5.87. The Kier molecular flexibility index (Phi) is 4.64. The van der Waals surface area contributed by atoms with Crippen LogP contribution in [0.4, 0.5) is 13.2 Å². The second-order valence-corrected chi connectivity index (χ2v) is 5.80. The van der Waals surface area contributed by atoms with Crippen molar-refractivity contribution in [3.05, 3.63) is 0 Å². The van der Waals surface area contributed by atoms with Crippen molar-refractivity contribution >= 4 is 5.84 Å². The minimum Gasteiger partial charge on any atom is -0.357 e. The third-order valence-electron chi connectivity index (χ3n) is 2.88. The van der Waals surface area contributed by atoms with E-state index in [4.69, 9.17) is 0 Å². The standard InChI is InChI=1S/C12H22F3N3/c1-11(2,3)10(16-9-12(13,14)15)18-7-5-17(4)6-8-18/h5-9H2,1-4H3/b16-10-. The number of amidine groups is 1. The summed E-state index contributed by atoms with van der Waals surface area (Å²) in [5.41, 5.74) is -0.360. The van der Waals surface area contributed by atoms with Crippen molar-refractivity contribution in [3.8, 4) is 0 Å². The average molecular weight is 265 g/mol. The van der Waals surface area contributed by atoms with Gasteiger partial charge >= 0.3 is 6.18 Å². The zero-order valence-electron chi connectivity index (χ0n) is 11.5. The Bertz CT molecular complexity index is 297. The summed E-state index contributed by atoms with van der Waals surface area (Å²) in [6.07, 6.45) is -4.23. The monoisotopic (exact) mass is 265 g/mol. The van der Waals surface area contributed by atoms with Crippen LogP contribution in [0, 0.1) is 5.41 Å². The van der Waals surface area contributed by atoms with Gasteiger partial charge in [-0.2, -0.15) is 13.2 Å². The maximum absolute atomic E-state index is 12.3. The van der Waals surface area contributed by atoms with E-state index in [1.165, 1.54) is 0 Å². The Morgan fingerprint density at radius 2 is 1.56 bits per heavy atom. The zero-order chi connectivity index (χ0) is 14.0. The third kappa shape index (κ3) is 4.84. The van der Waals surface area contributed by atoms with Crippen molar-refractivity contribution in [2.24, 2.45) is 10.4 Å². The number of nitrogens with zero attached hydrogens (tertiary/aromatic N) is 3. The minimum atomic E-state index is -4.23. The molecule has 0 bridgehead atoms. The molecule has 1 rings (SSSR count). The van der Waals surface area contributed by atoms with E-state index in [0.29, 0.717) is 5.84 Å². The molecular weight excluding hydrogens is 243 g/mol. The molecule has 1 fully saturated rings. The van der Waals surface area contributed by atoms with Crippen molar-refractivity contribution < 1.29 is 13.2 Å². The summed E-state index contributed by atoms with van der Waals surface area (Å²) in [5.74, 6) is 0.563. The first kappa shape index (κ1) is 15.3. The van der Waals surface area contributed by atoms with E-state index in [9.17, 15) is 13.2 Å². The van der Waals surface area contributed by atoms with E-state index in [-0.39, 0.29) is 5.41 Å². The first-order valence-electron chi connectivity index (χ1n) is 6.15. The maximum Gasteiger partial charge on any atom is 0.408 e. The molecule has 0 unspecified atom stereocenters. The van der Waals surface area contributed by atoms with Gasteiger partial charge in [-0.3, -0.25) is 4.99 Å². The third-order valence-corrected chi connectivity index (χ3v) is 2.88. The maximum atomic E-state index is 12.3. The van der Waals surface area contributed by atoms with Crippen LogP contribution < -0.4 is 0 Å². The Morgan fingerprint density at radius 3 is 1.94 bits per heavy atom. The summed E-state index contributed by atoms with van der Waals surface area (Å²) in [6.45, 7) is 7.82. The lowest BCUT2D eigenvalue weighted by molar-refractivity contribution is -0.118. The number of halogens is 3. The highest BCUT2D eigenvalue weighted by Crippen LogP contribution is 2.22. The molecule has 0 aromatic carbocycles. The smallest absolute Gasteiger partial charge is 0.357 e. The number of rotatable bonds is 1. The molecule has 3 nitrogen and oxygen atoms in total. The van der Waals surface area contributed by atoms with Gasteiger partial charge in [0.2, 0.25) is 0 Å². The first-order valence-corrected chi connectivity index (χ1v) is 6.15. The molecule has 0 aromatic heterocycles. The van der Waals surface area contributed by atoms with Gasteiger partial charge in [0.05, 0.1) is 0 Å². The molecule has 0 atom stereocenters. The van der Waals surface area contributed by atoms with Gasteiger partial charge in [0.15, 0.2) is 0 Å². The Balaban J connectivity index is 2.79. The van der Waals surface area contributed by atoms with Crippen LogP contribution in [0.15, 0.2) is 4.99 Å². The van der Waals surface area contributed by atoms with Crippen LogP contribution in [0.5, 0.6) is 0 Å². The molecule has 0 N–H and O–H groups in total. The van der Waals surface area contributed by atoms with Gasteiger partial charge in [0.1, 0.15) is 12.4 Å². The van der Waals surface area contributed by atoms with Gasteiger partial charge in [0, 0.05) is 31.6 Å². The van der Waals surface area contributed by atoms with E-state index >= 15 is 0 Å². The second-order valence-electron chi connectivity index (χ2n) is 5.80. The van der Waals surface area contributed by atoms with Gasteiger partial charge in [-0.1, -0.05) is 20.8 Å². The van der Waals surface area contributed by atoms with Gasteiger partial charge in [-0.25, -0.2) is 0 Å². The molecular formula is C12H22F3N3. The normalized spacial score (nSPS) is 20.4. The molecule has 0 amide bonds. The van der Waals surface area contributed by atoms with E-state index in [1.54, 1.807) is 0 Å². The fourth-order valence-corrected chi connectivity index (χ4v) is 1.99. The van der Waals surface area contributed by atoms with E-state index in [1.807, 2.05) is 32.7 Å². The molecule has 0 radical (unpaired) electrons. The Labute approximate surface area is 107 Å². The van der Waals surface area contributed by atoms with Crippen molar-refractivity contribution in [1.82, 2.24) is 9.80 Å². The van der Waals surface area contributed by atoms with Crippen LogP contribution >= 0.6 is 0 Å². The first-order chi connectivity index (χ1) is 8.09. The second kappa shape index (κ2) is 5.47. The molecule has 18 heavy (non-hydrogen) atoms. The number of alkyl halides is 3. The molecule has 106 valence electrons. The number of piperazine rings is 1. The lowest BCUT2D eigenvalue weighted by atomic mass is 9.93. The summed E-state index contributed by atoms with van der Waals surface area (Å²) in [7, 11) is 2.01. The summed E-state index contributed by atoms with van der Waals surface area (Å²) in [4.78, 5) is 7.96. The lowest BCUT2D eigenvalue weighted by Crippen LogP contribution is -2.50. The van der Waals surface area contributed by atoms with Crippen molar-refractivity contribution in [3.63, 3.8) is 0 Å². The van der Waals surface area contributed by atoms with E-state index in [2.05, 4.69) is 9.89 Å². The van der Waals surface area contributed by atoms with Crippen molar-refractivity contribution in [1.29, 1.82) is 0 Å². The lowest BCUT2D eigenvalue weighted by Gasteiger charge is -2.39. The fraction of sp³-hybridized carbons (Fsp3) is 0.917. The fourth-order valence-electron chi connectivity index (χ4n) is 1.99. The molecule has 1 aliphatic rings. The van der Waals surface area contributed by atoms with E-state index < -0.39 is 12.7 Å². The number of hydrogen-bond acceptors (Lipinski definition) is 2. The summed E-state index contributed by atoms with van der Waals surface area (Å²) in [6, 6.07) is 0. The van der Waals surface area contributed by atoms with E-state index in [0.717, 1.165) is 26.2 Å². The summed E-state index contributed by atoms with van der Waals surface area (Å²) >= 11 is 0. The molecule has 0 saturated carbocycles. The van der Waals surface area contributed by atoms with Gasteiger partial charge < -0.3 is 9.80 Å². The number of likely N-dealkylation sites (N-methyl/N-ethyl adjacent to an activating group) is 1. The van der Waals surface area contributed by atoms with Gasteiger partial charge in [-0.15, -0.1) is 0 Å². The minimum absolute atomic E-state index is 0.360. The highest BCUT2D eigenvalue weighted by Gasteiger charge is 2.31. The van der Waals surface area contributed by atoms with Crippen LogP contribution in [-0.4, -0.2) is 61.6 Å². The van der Waals surface area contributed by atoms with Gasteiger partial charge in [-0.05, 0) is 7.05 Å². The average Bonchev–Trinajstić information content (AvgIpc) is 2.17. The Morgan fingerprint density at radius 1 is 1.06 bits per heavy atom. The molecule has 0 spiro atoms. The SMILES string of the molecule is CN1CCN(/C(=N\CC(F)(F)F)C(C)(C)C)CC1. The van der Waals surface area contributed by atoms with Crippen LogP contribution in [0.1, 0.15) is 20.8 Å². The number of hydrogen-bond donors (Lipinski definition) is 0. The number of aliphatic imine (C=N–C) groups is 1. The van der Waals surface area contributed by atoms with Crippen molar-refractivity contribution in [2.45, 2.75) is 26.9 Å². The Hall–Kier alpha value is -0.780. The molecule has 0 aromatic rings. The molecule has 6 heteroatoms. The largest absolute Gasteiger partial charge is 0.408 e. The topological polar surface area (TPSA) is 18.8 Å². The summed E-state index contributed by atoms with van der Waals surface area (Å²) in [5, 5.41) is 0. The molecule has 1 aliphatic heterocycles. The van der Waals surface area contributed by atoms with Crippen LogP contribution in [0.25, 0.3) is 0 Å². The highest BCUT2D eigenvalue weighted by atomic mass is 19.4. The van der Waals surface area contributed by atoms with Crippen molar-refractivity contribution in [2.75, 3.05) is 39.8 Å². The molecule has 1 heterocycles. The molecule has 1 saturated heterocycles. The van der Waals surface area contributed by atoms with Gasteiger partial charge in [0.25, 0.3) is 0 Å². The predicted octanol–water partition coefficient (Wildman–Crippen LogP) is 2.24. The zero-order valence-corrected chi connectivity index (χ0v) is 11.5. The molecule has 0 aliphatic carbocycles. The van der Waals surface area contributed by atoms with Crippen LogP contribution in [0.3, 0.4) is 0 Å². The predicted molar refractivity (Wildman–Crippen MR) is 66.9 cm³/mol. The van der Waals surface area contributed by atoms with Crippen LogP contribution in [0.2, 0.25) is 0 Å². The quantitative estimate of drug-likeness (QED) is 0.535.